The smallest absolute Gasteiger partial charge is 0.0694 e. The van der Waals surface area contributed by atoms with Gasteiger partial charge in [0.1, 0.15) is 0 Å². The number of hydrogen-bond donors (Lipinski definition) is 1. The van der Waals surface area contributed by atoms with Gasteiger partial charge in [-0.2, -0.15) is 0 Å². The number of rotatable bonds is 8. The fraction of sp³-hybridized carbons (Fsp3) is 1.00. The molecular weight excluding hydrogens is 198 g/mol. The zero-order valence-corrected chi connectivity index (χ0v) is 10.9. The van der Waals surface area contributed by atoms with E-state index in [1.165, 1.54) is 44.9 Å². The van der Waals surface area contributed by atoms with E-state index in [2.05, 4.69) is 19.2 Å². The summed E-state index contributed by atoms with van der Waals surface area (Å²) in [6.45, 7) is 6.66. The van der Waals surface area contributed by atoms with E-state index in [1.54, 1.807) is 0 Å². The van der Waals surface area contributed by atoms with Crippen molar-refractivity contribution in [1.29, 1.82) is 0 Å². The molecule has 94 valence electrons. The SMILES string of the molecule is CC(C)CCOC1(CCNC2CC2)CCC1. The van der Waals surface area contributed by atoms with E-state index in [0.29, 0.717) is 0 Å². The zero-order chi connectivity index (χ0) is 11.4. The summed E-state index contributed by atoms with van der Waals surface area (Å²) in [5, 5.41) is 3.60. The van der Waals surface area contributed by atoms with Gasteiger partial charge in [0, 0.05) is 12.6 Å². The van der Waals surface area contributed by atoms with Gasteiger partial charge in [-0.3, -0.25) is 0 Å². The molecule has 16 heavy (non-hydrogen) atoms. The van der Waals surface area contributed by atoms with Gasteiger partial charge in [0.15, 0.2) is 0 Å². The third-order valence-corrected chi connectivity index (χ3v) is 3.96. The normalized spacial score (nSPS) is 23.4. The first kappa shape index (κ1) is 12.4. The van der Waals surface area contributed by atoms with Crippen molar-refractivity contribution in [2.45, 2.75) is 70.4 Å². The minimum absolute atomic E-state index is 0.261. The summed E-state index contributed by atoms with van der Waals surface area (Å²) >= 11 is 0. The third-order valence-electron chi connectivity index (χ3n) is 3.96. The van der Waals surface area contributed by atoms with Crippen LogP contribution in [0.1, 0.15) is 58.8 Å². The summed E-state index contributed by atoms with van der Waals surface area (Å²) < 4.78 is 6.14. The molecule has 2 rings (SSSR count). The highest BCUT2D eigenvalue weighted by molar-refractivity contribution is 4.91. The fourth-order valence-electron chi connectivity index (χ4n) is 2.34. The van der Waals surface area contributed by atoms with E-state index in [-0.39, 0.29) is 5.60 Å². The van der Waals surface area contributed by atoms with Crippen molar-refractivity contribution in [1.82, 2.24) is 5.32 Å². The molecule has 1 N–H and O–H groups in total. The summed E-state index contributed by atoms with van der Waals surface area (Å²) in [4.78, 5) is 0. The maximum atomic E-state index is 6.14. The van der Waals surface area contributed by atoms with Crippen LogP contribution in [0.3, 0.4) is 0 Å². The Kier molecular flexibility index (Phi) is 4.26. The Morgan fingerprint density at radius 1 is 1.31 bits per heavy atom. The maximum Gasteiger partial charge on any atom is 0.0694 e. The lowest BCUT2D eigenvalue weighted by Gasteiger charge is -2.42. The summed E-state index contributed by atoms with van der Waals surface area (Å²) in [6, 6.07) is 0.841. The fourth-order valence-corrected chi connectivity index (χ4v) is 2.34. The van der Waals surface area contributed by atoms with E-state index >= 15 is 0 Å². The molecule has 2 nitrogen and oxygen atoms in total. The van der Waals surface area contributed by atoms with Crippen LogP contribution in [0.5, 0.6) is 0 Å². The molecule has 2 fully saturated rings. The van der Waals surface area contributed by atoms with Gasteiger partial charge in [-0.25, -0.2) is 0 Å². The van der Waals surface area contributed by atoms with Crippen LogP contribution in [-0.2, 0) is 4.74 Å². The van der Waals surface area contributed by atoms with E-state index in [4.69, 9.17) is 4.74 Å². The second-order valence-corrected chi connectivity index (χ2v) is 6.05. The van der Waals surface area contributed by atoms with Gasteiger partial charge in [0.25, 0.3) is 0 Å². The number of ether oxygens (including phenoxy) is 1. The van der Waals surface area contributed by atoms with Crippen molar-refractivity contribution in [3.8, 4) is 0 Å². The monoisotopic (exact) mass is 225 g/mol. The van der Waals surface area contributed by atoms with Crippen LogP contribution >= 0.6 is 0 Å². The molecule has 0 aliphatic heterocycles. The molecule has 0 spiro atoms. The van der Waals surface area contributed by atoms with Crippen LogP contribution in [0.4, 0.5) is 0 Å². The summed E-state index contributed by atoms with van der Waals surface area (Å²) in [5.41, 5.74) is 0.261. The van der Waals surface area contributed by atoms with Crippen LogP contribution < -0.4 is 5.32 Å². The molecular formula is C14H27NO. The Balaban J connectivity index is 1.60. The quantitative estimate of drug-likeness (QED) is 0.685. The van der Waals surface area contributed by atoms with E-state index < -0.39 is 0 Å². The van der Waals surface area contributed by atoms with Crippen LogP contribution in [0.25, 0.3) is 0 Å². The van der Waals surface area contributed by atoms with E-state index in [0.717, 1.165) is 25.1 Å². The highest BCUT2D eigenvalue weighted by Crippen LogP contribution is 2.38. The molecule has 0 bridgehead atoms. The van der Waals surface area contributed by atoms with Gasteiger partial charge in [-0.15, -0.1) is 0 Å². The van der Waals surface area contributed by atoms with E-state index in [9.17, 15) is 0 Å². The molecule has 0 aromatic carbocycles. The molecule has 0 atom stereocenters. The first-order valence-corrected chi connectivity index (χ1v) is 7.08. The number of hydrogen-bond acceptors (Lipinski definition) is 2. The second kappa shape index (κ2) is 5.50. The second-order valence-electron chi connectivity index (χ2n) is 6.05. The molecule has 0 unspecified atom stereocenters. The lowest BCUT2D eigenvalue weighted by molar-refractivity contribution is -0.107. The molecule has 0 aromatic heterocycles. The molecule has 2 heteroatoms. The van der Waals surface area contributed by atoms with Crippen molar-refractivity contribution in [2.24, 2.45) is 5.92 Å². The highest BCUT2D eigenvalue weighted by atomic mass is 16.5. The van der Waals surface area contributed by atoms with Crippen LogP contribution in [0.2, 0.25) is 0 Å². The standard InChI is InChI=1S/C14H27NO/c1-12(2)6-11-16-14(7-3-8-14)9-10-15-13-4-5-13/h12-13,15H,3-11H2,1-2H3. The van der Waals surface area contributed by atoms with Gasteiger partial charge >= 0.3 is 0 Å². The van der Waals surface area contributed by atoms with Gasteiger partial charge in [-0.05, 0) is 57.4 Å². The van der Waals surface area contributed by atoms with Crippen molar-refractivity contribution < 1.29 is 4.74 Å². The predicted octanol–water partition coefficient (Wildman–Crippen LogP) is 3.11. The lowest BCUT2D eigenvalue weighted by Crippen LogP contribution is -2.43. The van der Waals surface area contributed by atoms with Crippen molar-refractivity contribution in [2.75, 3.05) is 13.2 Å². The minimum Gasteiger partial charge on any atom is -0.375 e. The Bertz CT molecular complexity index is 197. The Morgan fingerprint density at radius 3 is 2.56 bits per heavy atom. The molecule has 0 heterocycles. The Hall–Kier alpha value is -0.0800. The van der Waals surface area contributed by atoms with Gasteiger partial charge < -0.3 is 10.1 Å². The summed E-state index contributed by atoms with van der Waals surface area (Å²) in [6.07, 6.45) is 9.15. The number of nitrogens with one attached hydrogen (secondary N) is 1. The molecule has 0 aromatic rings. The summed E-state index contributed by atoms with van der Waals surface area (Å²) in [5.74, 6) is 0.765. The van der Waals surface area contributed by atoms with Crippen molar-refractivity contribution in [3.05, 3.63) is 0 Å². The van der Waals surface area contributed by atoms with Crippen molar-refractivity contribution in [3.63, 3.8) is 0 Å². The average molecular weight is 225 g/mol. The summed E-state index contributed by atoms with van der Waals surface area (Å²) in [7, 11) is 0. The van der Waals surface area contributed by atoms with E-state index in [1.807, 2.05) is 0 Å². The third kappa shape index (κ3) is 3.74. The molecule has 2 aliphatic rings. The van der Waals surface area contributed by atoms with Gasteiger partial charge in [0.05, 0.1) is 5.60 Å². The zero-order valence-electron chi connectivity index (χ0n) is 10.9. The Morgan fingerprint density at radius 2 is 2.06 bits per heavy atom. The highest BCUT2D eigenvalue weighted by Gasteiger charge is 2.37. The topological polar surface area (TPSA) is 21.3 Å². The lowest BCUT2D eigenvalue weighted by atomic mass is 9.77. The van der Waals surface area contributed by atoms with Gasteiger partial charge in [-0.1, -0.05) is 13.8 Å². The molecule has 0 amide bonds. The maximum absolute atomic E-state index is 6.14. The largest absolute Gasteiger partial charge is 0.375 e. The van der Waals surface area contributed by atoms with Crippen LogP contribution in [0, 0.1) is 5.92 Å². The average Bonchev–Trinajstić information content (AvgIpc) is 2.96. The molecule has 0 radical (unpaired) electrons. The Labute approximate surface area is 100 Å². The predicted molar refractivity (Wildman–Crippen MR) is 67.6 cm³/mol. The van der Waals surface area contributed by atoms with Gasteiger partial charge in [0.2, 0.25) is 0 Å². The first-order valence-electron chi connectivity index (χ1n) is 7.08. The van der Waals surface area contributed by atoms with Crippen molar-refractivity contribution >= 4 is 0 Å². The van der Waals surface area contributed by atoms with Crippen LogP contribution in [-0.4, -0.2) is 24.8 Å². The first-order chi connectivity index (χ1) is 7.70. The molecule has 0 saturated heterocycles. The minimum atomic E-state index is 0.261. The van der Waals surface area contributed by atoms with Crippen LogP contribution in [0.15, 0.2) is 0 Å². The molecule has 2 saturated carbocycles. The molecule has 2 aliphatic carbocycles.